The van der Waals surface area contributed by atoms with Gasteiger partial charge in [-0.3, -0.25) is 4.79 Å². The van der Waals surface area contributed by atoms with E-state index in [0.717, 1.165) is 12.1 Å². The molecule has 1 aromatic carbocycles. The van der Waals surface area contributed by atoms with Crippen LogP contribution < -0.4 is 0 Å². The molecule has 0 aliphatic heterocycles. The highest BCUT2D eigenvalue weighted by Gasteiger charge is 2.08. The summed E-state index contributed by atoms with van der Waals surface area (Å²) in [5, 5.41) is 16.6. The molecule has 1 N–H and O–H groups in total. The lowest BCUT2D eigenvalue weighted by molar-refractivity contribution is -0.137. The number of hydrogen-bond acceptors (Lipinski definition) is 3. The monoisotopic (exact) mass is 311 g/mol. The molecule has 5 nitrogen and oxygen atoms in total. The Kier molecular flexibility index (Phi) is 5.27. The molecule has 21 heavy (non-hydrogen) atoms. The summed E-state index contributed by atoms with van der Waals surface area (Å²) >= 11 is 5.73. The number of nitrogens with zero attached hydrogens (tertiary/aromatic N) is 3. The van der Waals surface area contributed by atoms with Gasteiger partial charge in [-0.25, -0.2) is 9.07 Å². The first-order valence-corrected chi connectivity index (χ1v) is 6.98. The van der Waals surface area contributed by atoms with Crippen LogP contribution in [0.5, 0.6) is 0 Å². The predicted molar refractivity (Wildman–Crippen MR) is 75.7 cm³/mol. The number of rotatable bonds is 7. The predicted octanol–water partition coefficient (Wildman–Crippen LogP) is 2.92. The lowest BCUT2D eigenvalue weighted by Gasteiger charge is -2.03. The van der Waals surface area contributed by atoms with Crippen LogP contribution in [-0.2, 0) is 17.8 Å². The van der Waals surface area contributed by atoms with Crippen LogP contribution in [-0.4, -0.2) is 26.1 Å². The van der Waals surface area contributed by atoms with Gasteiger partial charge in [0, 0.05) is 18.2 Å². The van der Waals surface area contributed by atoms with Crippen LogP contribution in [0.3, 0.4) is 0 Å². The molecule has 0 saturated heterocycles. The molecule has 0 fully saturated rings. The minimum Gasteiger partial charge on any atom is -0.481 e. The van der Waals surface area contributed by atoms with E-state index in [2.05, 4.69) is 10.3 Å². The number of carboxylic acid groups (broad SMARTS) is 1. The quantitative estimate of drug-likeness (QED) is 0.798. The second kappa shape index (κ2) is 7.17. The summed E-state index contributed by atoms with van der Waals surface area (Å²) in [4.78, 5) is 10.4. The van der Waals surface area contributed by atoms with Crippen molar-refractivity contribution in [2.75, 3.05) is 0 Å². The van der Waals surface area contributed by atoms with Crippen molar-refractivity contribution in [2.45, 2.75) is 32.2 Å². The van der Waals surface area contributed by atoms with Crippen molar-refractivity contribution < 1.29 is 14.3 Å². The Bertz CT molecular complexity index is 630. The molecule has 0 saturated carbocycles. The SMILES string of the molecule is O=C(O)CCCCc1cn(Cc2cccc(Cl)c2F)nn1. The fraction of sp³-hybridized carbons (Fsp3) is 0.357. The van der Waals surface area contributed by atoms with Crippen molar-refractivity contribution in [2.24, 2.45) is 0 Å². The van der Waals surface area contributed by atoms with Crippen LogP contribution >= 0.6 is 11.6 Å². The van der Waals surface area contributed by atoms with Crippen molar-refractivity contribution in [3.05, 3.63) is 46.5 Å². The van der Waals surface area contributed by atoms with Gasteiger partial charge in [-0.2, -0.15) is 0 Å². The lowest BCUT2D eigenvalue weighted by Crippen LogP contribution is -2.03. The molecule has 0 radical (unpaired) electrons. The van der Waals surface area contributed by atoms with Gasteiger partial charge in [0.2, 0.25) is 0 Å². The van der Waals surface area contributed by atoms with Gasteiger partial charge in [-0.15, -0.1) is 5.10 Å². The molecule has 1 heterocycles. The Labute approximate surface area is 126 Å². The molecule has 112 valence electrons. The van der Waals surface area contributed by atoms with Crippen LogP contribution in [0.2, 0.25) is 5.02 Å². The summed E-state index contributed by atoms with van der Waals surface area (Å²) < 4.78 is 15.3. The Balaban J connectivity index is 1.91. The Morgan fingerprint density at radius 2 is 2.19 bits per heavy atom. The van der Waals surface area contributed by atoms with Gasteiger partial charge in [0.1, 0.15) is 5.82 Å². The molecule has 0 atom stereocenters. The van der Waals surface area contributed by atoms with Gasteiger partial charge in [0.25, 0.3) is 0 Å². The first kappa shape index (κ1) is 15.4. The third kappa shape index (κ3) is 4.53. The molecular weight excluding hydrogens is 297 g/mol. The van der Waals surface area contributed by atoms with E-state index in [4.69, 9.17) is 16.7 Å². The van der Waals surface area contributed by atoms with E-state index in [1.165, 1.54) is 6.07 Å². The Morgan fingerprint density at radius 3 is 2.95 bits per heavy atom. The normalized spacial score (nSPS) is 10.8. The Morgan fingerprint density at radius 1 is 1.38 bits per heavy atom. The number of aryl methyl sites for hydroxylation is 1. The largest absolute Gasteiger partial charge is 0.481 e. The molecule has 0 spiro atoms. The fourth-order valence-corrected chi connectivity index (χ4v) is 2.15. The summed E-state index contributed by atoms with van der Waals surface area (Å²) in [6.45, 7) is 0.258. The zero-order valence-electron chi connectivity index (χ0n) is 11.3. The van der Waals surface area contributed by atoms with Crippen molar-refractivity contribution in [3.8, 4) is 0 Å². The summed E-state index contributed by atoms with van der Waals surface area (Å²) in [6.07, 6.45) is 3.88. The highest BCUT2D eigenvalue weighted by molar-refractivity contribution is 6.30. The molecule has 1 aromatic heterocycles. The van der Waals surface area contributed by atoms with Gasteiger partial charge < -0.3 is 5.11 Å². The molecule has 0 aliphatic carbocycles. The van der Waals surface area contributed by atoms with E-state index in [-0.39, 0.29) is 18.0 Å². The third-order valence-corrected chi connectivity index (χ3v) is 3.32. The van der Waals surface area contributed by atoms with Gasteiger partial charge in [-0.05, 0) is 25.3 Å². The van der Waals surface area contributed by atoms with Crippen molar-refractivity contribution in [1.29, 1.82) is 0 Å². The van der Waals surface area contributed by atoms with Gasteiger partial charge in [0.15, 0.2) is 0 Å². The van der Waals surface area contributed by atoms with Crippen LogP contribution in [0.25, 0.3) is 0 Å². The highest BCUT2D eigenvalue weighted by Crippen LogP contribution is 2.18. The first-order chi connectivity index (χ1) is 10.1. The summed E-state index contributed by atoms with van der Waals surface area (Å²) in [5.74, 6) is -1.24. The average Bonchev–Trinajstić information content (AvgIpc) is 2.87. The number of halogens is 2. The maximum Gasteiger partial charge on any atom is 0.303 e. The summed E-state index contributed by atoms with van der Waals surface area (Å²) in [7, 11) is 0. The summed E-state index contributed by atoms with van der Waals surface area (Å²) in [6, 6.07) is 4.83. The number of hydrogen-bond donors (Lipinski definition) is 1. The maximum absolute atomic E-state index is 13.8. The van der Waals surface area contributed by atoms with Crippen molar-refractivity contribution in [3.63, 3.8) is 0 Å². The average molecular weight is 312 g/mol. The number of aliphatic carboxylic acids is 1. The topological polar surface area (TPSA) is 68.0 Å². The second-order valence-corrected chi connectivity index (χ2v) is 5.13. The third-order valence-electron chi connectivity index (χ3n) is 3.02. The van der Waals surface area contributed by atoms with Crippen LogP contribution in [0.4, 0.5) is 4.39 Å². The number of carboxylic acids is 1. The highest BCUT2D eigenvalue weighted by atomic mass is 35.5. The number of carbonyl (C=O) groups is 1. The van der Waals surface area contributed by atoms with E-state index in [1.54, 1.807) is 23.0 Å². The van der Waals surface area contributed by atoms with E-state index in [0.29, 0.717) is 18.4 Å². The maximum atomic E-state index is 13.8. The molecule has 0 unspecified atom stereocenters. The molecule has 0 bridgehead atoms. The van der Waals surface area contributed by atoms with Crippen molar-refractivity contribution in [1.82, 2.24) is 15.0 Å². The van der Waals surface area contributed by atoms with Gasteiger partial charge in [0.05, 0.1) is 17.3 Å². The molecule has 2 aromatic rings. The van der Waals surface area contributed by atoms with E-state index < -0.39 is 11.8 Å². The Hall–Kier alpha value is -1.95. The van der Waals surface area contributed by atoms with Crippen LogP contribution in [0, 0.1) is 5.82 Å². The summed E-state index contributed by atoms with van der Waals surface area (Å²) in [5.41, 5.74) is 1.22. The zero-order chi connectivity index (χ0) is 15.2. The van der Waals surface area contributed by atoms with Crippen LogP contribution in [0.1, 0.15) is 30.5 Å². The van der Waals surface area contributed by atoms with E-state index in [9.17, 15) is 9.18 Å². The number of benzene rings is 1. The molecule has 2 rings (SSSR count). The molecule has 0 aliphatic rings. The van der Waals surface area contributed by atoms with Gasteiger partial charge >= 0.3 is 5.97 Å². The molecular formula is C14H15ClFN3O2. The van der Waals surface area contributed by atoms with Crippen LogP contribution in [0.15, 0.2) is 24.4 Å². The standard InChI is InChI=1S/C14H15ClFN3O2/c15-12-6-3-4-10(14(12)16)8-19-9-11(17-18-19)5-1-2-7-13(20)21/h3-4,6,9H,1-2,5,7-8H2,(H,20,21). The molecule has 7 heteroatoms. The van der Waals surface area contributed by atoms with Gasteiger partial charge in [-0.1, -0.05) is 28.9 Å². The molecule has 0 amide bonds. The zero-order valence-corrected chi connectivity index (χ0v) is 12.1. The number of aromatic nitrogens is 3. The van der Waals surface area contributed by atoms with Crippen molar-refractivity contribution >= 4 is 17.6 Å². The fourth-order valence-electron chi connectivity index (χ4n) is 1.96. The lowest BCUT2D eigenvalue weighted by atomic mass is 10.1. The minimum atomic E-state index is -0.796. The minimum absolute atomic E-state index is 0.0847. The number of unbranched alkanes of at least 4 members (excludes halogenated alkanes) is 1. The first-order valence-electron chi connectivity index (χ1n) is 6.60. The smallest absolute Gasteiger partial charge is 0.303 e. The van der Waals surface area contributed by atoms with E-state index >= 15 is 0 Å². The second-order valence-electron chi connectivity index (χ2n) is 4.72. The van der Waals surface area contributed by atoms with E-state index in [1.807, 2.05) is 0 Å².